The second kappa shape index (κ2) is 6.45. The van der Waals surface area contributed by atoms with Gasteiger partial charge in [-0.2, -0.15) is 9.61 Å². The van der Waals surface area contributed by atoms with Gasteiger partial charge in [0.15, 0.2) is 5.65 Å². The largest absolute Gasteiger partial charge is 0.465 e. The van der Waals surface area contributed by atoms with E-state index in [1.165, 1.54) is 22.7 Å². The molecule has 0 atom stereocenters. The van der Waals surface area contributed by atoms with Crippen LogP contribution < -0.4 is 4.90 Å². The zero-order chi connectivity index (χ0) is 17.3. The number of fused-ring (bicyclic) bond motifs is 1. The molecule has 124 valence electrons. The molecule has 2 aromatic heterocycles. The van der Waals surface area contributed by atoms with E-state index in [1.54, 1.807) is 18.3 Å². The summed E-state index contributed by atoms with van der Waals surface area (Å²) in [6.07, 6.45) is 1.05. The summed E-state index contributed by atoms with van der Waals surface area (Å²) < 4.78 is 15.3. The fraction of sp³-hybridized carbons (Fsp3) is 0.188. The SMILES string of the molecule is CCc1cnn2c(N(Cc3ccccc3F)C(=O)O)cc(Cl)nc12. The van der Waals surface area contributed by atoms with Gasteiger partial charge in [0, 0.05) is 17.2 Å². The summed E-state index contributed by atoms with van der Waals surface area (Å²) in [6, 6.07) is 7.42. The molecule has 0 aliphatic heterocycles. The van der Waals surface area contributed by atoms with E-state index in [0.29, 0.717) is 12.1 Å². The molecule has 6 nitrogen and oxygen atoms in total. The van der Waals surface area contributed by atoms with Crippen LogP contribution in [0, 0.1) is 5.82 Å². The number of hydrogen-bond acceptors (Lipinski definition) is 3. The highest BCUT2D eigenvalue weighted by molar-refractivity contribution is 6.29. The first kappa shape index (κ1) is 16.2. The number of benzene rings is 1. The summed E-state index contributed by atoms with van der Waals surface area (Å²) in [7, 11) is 0. The Morgan fingerprint density at radius 3 is 2.79 bits per heavy atom. The molecule has 0 spiro atoms. The van der Waals surface area contributed by atoms with Crippen LogP contribution in [0.3, 0.4) is 0 Å². The van der Waals surface area contributed by atoms with Crippen molar-refractivity contribution >= 4 is 29.2 Å². The fourth-order valence-corrected chi connectivity index (χ4v) is 2.63. The second-order valence-electron chi connectivity index (χ2n) is 5.16. The predicted molar refractivity (Wildman–Crippen MR) is 88.0 cm³/mol. The Morgan fingerprint density at radius 2 is 2.12 bits per heavy atom. The molecular weight excluding hydrogens is 335 g/mol. The molecule has 8 heteroatoms. The van der Waals surface area contributed by atoms with Crippen LogP contribution in [0.2, 0.25) is 5.15 Å². The minimum atomic E-state index is -1.24. The molecule has 0 saturated carbocycles. The number of anilines is 1. The topological polar surface area (TPSA) is 70.7 Å². The molecule has 0 unspecified atom stereocenters. The highest BCUT2D eigenvalue weighted by Crippen LogP contribution is 2.24. The van der Waals surface area contributed by atoms with Crippen molar-refractivity contribution in [2.24, 2.45) is 0 Å². The normalized spacial score (nSPS) is 11.0. The molecule has 2 heterocycles. The number of rotatable bonds is 4. The van der Waals surface area contributed by atoms with Gasteiger partial charge < -0.3 is 5.11 Å². The lowest BCUT2D eigenvalue weighted by Crippen LogP contribution is -2.31. The maximum Gasteiger partial charge on any atom is 0.413 e. The maximum atomic E-state index is 13.9. The number of aryl methyl sites for hydroxylation is 1. The average molecular weight is 349 g/mol. The molecule has 0 saturated heterocycles. The quantitative estimate of drug-likeness (QED) is 0.728. The van der Waals surface area contributed by atoms with Gasteiger partial charge in [0.1, 0.15) is 16.8 Å². The molecular formula is C16H14ClFN4O2. The van der Waals surface area contributed by atoms with Crippen LogP contribution >= 0.6 is 11.6 Å². The van der Waals surface area contributed by atoms with Gasteiger partial charge in [-0.05, 0) is 12.5 Å². The van der Waals surface area contributed by atoms with Crippen molar-refractivity contribution in [3.05, 3.63) is 58.6 Å². The lowest BCUT2D eigenvalue weighted by atomic mass is 10.2. The molecule has 24 heavy (non-hydrogen) atoms. The summed E-state index contributed by atoms with van der Waals surface area (Å²) in [5.74, 6) is -0.268. The third-order valence-electron chi connectivity index (χ3n) is 3.67. The zero-order valence-corrected chi connectivity index (χ0v) is 13.5. The number of amides is 1. The first-order valence-corrected chi connectivity index (χ1v) is 7.66. The van der Waals surface area contributed by atoms with Crippen molar-refractivity contribution in [3.8, 4) is 0 Å². The van der Waals surface area contributed by atoms with Crippen molar-refractivity contribution in [3.63, 3.8) is 0 Å². The Hall–Kier alpha value is -2.67. The summed E-state index contributed by atoms with van der Waals surface area (Å²) in [5.41, 5.74) is 1.58. The van der Waals surface area contributed by atoms with E-state index in [4.69, 9.17) is 11.6 Å². The van der Waals surface area contributed by atoms with Crippen LogP contribution in [0.25, 0.3) is 5.65 Å². The number of aromatic nitrogens is 3. The van der Waals surface area contributed by atoms with Gasteiger partial charge in [0.25, 0.3) is 0 Å². The molecule has 0 aliphatic carbocycles. The van der Waals surface area contributed by atoms with E-state index in [1.807, 2.05) is 6.92 Å². The Bertz CT molecular complexity index is 912. The molecule has 1 aromatic carbocycles. The predicted octanol–water partition coefficient (Wildman–Crippen LogP) is 3.77. The molecule has 1 amide bonds. The summed E-state index contributed by atoms with van der Waals surface area (Å²) in [4.78, 5) is 16.9. The van der Waals surface area contributed by atoms with Crippen LogP contribution in [-0.2, 0) is 13.0 Å². The van der Waals surface area contributed by atoms with Crippen LogP contribution in [0.5, 0.6) is 0 Å². The van der Waals surface area contributed by atoms with Gasteiger partial charge in [-0.3, -0.25) is 4.90 Å². The molecule has 3 aromatic rings. The van der Waals surface area contributed by atoms with Gasteiger partial charge in [-0.1, -0.05) is 36.7 Å². The van der Waals surface area contributed by atoms with Gasteiger partial charge in [-0.25, -0.2) is 14.2 Å². The van der Waals surface area contributed by atoms with E-state index >= 15 is 0 Å². The van der Waals surface area contributed by atoms with Crippen LogP contribution in [0.4, 0.5) is 15.0 Å². The van der Waals surface area contributed by atoms with Crippen LogP contribution in [0.1, 0.15) is 18.1 Å². The number of carboxylic acid groups (broad SMARTS) is 1. The van der Waals surface area contributed by atoms with Crippen molar-refractivity contribution < 1.29 is 14.3 Å². The van der Waals surface area contributed by atoms with Crippen LogP contribution in [-0.4, -0.2) is 25.8 Å². The average Bonchev–Trinajstić information content (AvgIpc) is 2.96. The first-order valence-electron chi connectivity index (χ1n) is 7.28. The molecule has 3 rings (SSSR count). The minimum absolute atomic E-state index is 0.146. The maximum absolute atomic E-state index is 13.9. The summed E-state index contributed by atoms with van der Waals surface area (Å²) in [5, 5.41) is 13.9. The number of nitrogens with zero attached hydrogens (tertiary/aromatic N) is 4. The van der Waals surface area contributed by atoms with Gasteiger partial charge >= 0.3 is 6.09 Å². The van der Waals surface area contributed by atoms with Gasteiger partial charge in [0.2, 0.25) is 0 Å². The van der Waals surface area contributed by atoms with E-state index < -0.39 is 11.9 Å². The molecule has 0 radical (unpaired) electrons. The van der Waals surface area contributed by atoms with Gasteiger partial charge in [-0.15, -0.1) is 0 Å². The standard InChI is InChI=1S/C16H14ClFN4O2/c1-2-10-8-19-22-14(7-13(17)20-15(10)22)21(16(23)24)9-11-5-3-4-6-12(11)18/h3-8H,2,9H2,1H3,(H,23,24). The number of hydrogen-bond donors (Lipinski definition) is 1. The lowest BCUT2D eigenvalue weighted by molar-refractivity contribution is 0.201. The van der Waals surface area contributed by atoms with E-state index in [0.717, 1.165) is 10.5 Å². The molecule has 1 N–H and O–H groups in total. The van der Waals surface area contributed by atoms with E-state index in [2.05, 4.69) is 10.1 Å². The van der Waals surface area contributed by atoms with E-state index in [-0.39, 0.29) is 23.1 Å². The van der Waals surface area contributed by atoms with Crippen molar-refractivity contribution in [1.82, 2.24) is 14.6 Å². The van der Waals surface area contributed by atoms with Crippen molar-refractivity contribution in [1.29, 1.82) is 0 Å². The summed E-state index contributed by atoms with van der Waals surface area (Å²) in [6.45, 7) is 1.77. The molecule has 0 bridgehead atoms. The monoisotopic (exact) mass is 348 g/mol. The van der Waals surface area contributed by atoms with E-state index in [9.17, 15) is 14.3 Å². The smallest absolute Gasteiger partial charge is 0.413 e. The Labute approximate surface area is 142 Å². The fourth-order valence-electron chi connectivity index (χ4n) is 2.45. The van der Waals surface area contributed by atoms with Gasteiger partial charge in [0.05, 0.1) is 12.7 Å². The third kappa shape index (κ3) is 2.90. The third-order valence-corrected chi connectivity index (χ3v) is 3.86. The number of carbonyl (C=O) groups is 1. The van der Waals surface area contributed by atoms with Crippen molar-refractivity contribution in [2.75, 3.05) is 4.90 Å². The summed E-state index contributed by atoms with van der Waals surface area (Å²) >= 11 is 6.05. The zero-order valence-electron chi connectivity index (χ0n) is 12.8. The Morgan fingerprint density at radius 1 is 1.38 bits per heavy atom. The first-order chi connectivity index (χ1) is 11.5. The second-order valence-corrected chi connectivity index (χ2v) is 5.54. The Kier molecular flexibility index (Phi) is 4.35. The molecule has 0 aliphatic rings. The minimum Gasteiger partial charge on any atom is -0.465 e. The number of halogens is 2. The van der Waals surface area contributed by atoms with Crippen LogP contribution in [0.15, 0.2) is 36.5 Å². The molecule has 0 fully saturated rings. The van der Waals surface area contributed by atoms with Crippen molar-refractivity contribution in [2.45, 2.75) is 19.9 Å². The highest BCUT2D eigenvalue weighted by atomic mass is 35.5. The Balaban J connectivity index is 2.13. The highest BCUT2D eigenvalue weighted by Gasteiger charge is 2.22. The lowest BCUT2D eigenvalue weighted by Gasteiger charge is -2.20.